The summed E-state index contributed by atoms with van der Waals surface area (Å²) in [6, 6.07) is 15.6. The molecule has 0 aliphatic rings. The normalized spacial score (nSPS) is 13.3. The summed E-state index contributed by atoms with van der Waals surface area (Å²) in [4.78, 5) is 7.25. The fraction of sp³-hybridized carbons (Fsp3) is 0.500. The van der Waals surface area contributed by atoms with Crippen molar-refractivity contribution >= 4 is 0 Å². The summed E-state index contributed by atoms with van der Waals surface area (Å²) in [7, 11) is 4.29. The van der Waals surface area contributed by atoms with Crippen molar-refractivity contribution < 1.29 is 0 Å². The third-order valence-corrected chi connectivity index (χ3v) is 4.61. The molecule has 0 aliphatic carbocycles. The maximum absolute atomic E-state index is 4.97. The van der Waals surface area contributed by atoms with Crippen LogP contribution in [0.2, 0.25) is 0 Å². The monoisotopic (exact) mass is 324 g/mol. The van der Waals surface area contributed by atoms with E-state index < -0.39 is 0 Å². The number of pyridine rings is 1. The molecule has 1 aromatic heterocycles. The van der Waals surface area contributed by atoms with Gasteiger partial charge in [0.2, 0.25) is 0 Å². The molecule has 2 heteroatoms. The molecule has 2 nitrogen and oxygen atoms in total. The first-order valence-electron chi connectivity index (χ1n) is 9.07. The van der Waals surface area contributed by atoms with Crippen LogP contribution in [0.15, 0.2) is 42.5 Å². The summed E-state index contributed by atoms with van der Waals surface area (Å²) in [5.74, 6) is 0. The van der Waals surface area contributed by atoms with E-state index in [4.69, 9.17) is 4.98 Å². The fourth-order valence-corrected chi connectivity index (χ4v) is 3.01. The molecule has 0 amide bonds. The SMILES string of the molecule is CCCCC(c1cccc(-c2ccc(C(C)(C)C)cc2)n1)N(C)C. The molecule has 0 saturated carbocycles. The molecular weight excluding hydrogens is 292 g/mol. The lowest BCUT2D eigenvalue weighted by molar-refractivity contribution is 0.273. The number of rotatable bonds is 6. The zero-order valence-corrected chi connectivity index (χ0v) is 16.1. The van der Waals surface area contributed by atoms with Crippen molar-refractivity contribution in [3.8, 4) is 11.3 Å². The van der Waals surface area contributed by atoms with Crippen LogP contribution in [0.4, 0.5) is 0 Å². The first-order chi connectivity index (χ1) is 11.3. The maximum Gasteiger partial charge on any atom is 0.0706 e. The molecule has 1 atom stereocenters. The van der Waals surface area contributed by atoms with Crippen LogP contribution in [0.1, 0.15) is 64.3 Å². The van der Waals surface area contributed by atoms with Gasteiger partial charge in [0.15, 0.2) is 0 Å². The van der Waals surface area contributed by atoms with Gasteiger partial charge in [-0.1, -0.05) is 70.9 Å². The van der Waals surface area contributed by atoms with Crippen molar-refractivity contribution in [2.24, 2.45) is 0 Å². The molecule has 1 unspecified atom stereocenters. The molecular formula is C22H32N2. The van der Waals surface area contributed by atoms with Gasteiger partial charge in [0.25, 0.3) is 0 Å². The quantitative estimate of drug-likeness (QED) is 0.663. The van der Waals surface area contributed by atoms with E-state index in [-0.39, 0.29) is 5.41 Å². The Morgan fingerprint density at radius 1 is 1.00 bits per heavy atom. The Balaban J connectivity index is 2.29. The minimum Gasteiger partial charge on any atom is -0.301 e. The Bertz CT molecular complexity index is 636. The van der Waals surface area contributed by atoms with Crippen LogP contribution < -0.4 is 0 Å². The molecule has 0 radical (unpaired) electrons. The molecule has 0 N–H and O–H groups in total. The minimum absolute atomic E-state index is 0.185. The van der Waals surface area contributed by atoms with E-state index in [1.165, 1.54) is 29.7 Å². The van der Waals surface area contributed by atoms with E-state index in [1.54, 1.807) is 0 Å². The summed E-state index contributed by atoms with van der Waals surface area (Å²) in [6.07, 6.45) is 3.61. The Morgan fingerprint density at radius 2 is 1.67 bits per heavy atom. The highest BCUT2D eigenvalue weighted by Crippen LogP contribution is 2.28. The Labute approximate surface area is 147 Å². The lowest BCUT2D eigenvalue weighted by Crippen LogP contribution is -2.21. The predicted molar refractivity (Wildman–Crippen MR) is 104 cm³/mol. The average Bonchev–Trinajstić information content (AvgIpc) is 2.54. The predicted octanol–water partition coefficient (Wildman–Crippen LogP) is 5.84. The Hall–Kier alpha value is -1.67. The molecule has 0 aliphatic heterocycles. The molecule has 0 fully saturated rings. The van der Waals surface area contributed by atoms with E-state index in [1.807, 2.05) is 0 Å². The second-order valence-corrected chi connectivity index (χ2v) is 7.90. The lowest BCUT2D eigenvalue weighted by Gasteiger charge is -2.24. The first kappa shape index (κ1) is 18.7. The highest BCUT2D eigenvalue weighted by atomic mass is 15.1. The van der Waals surface area contributed by atoms with Crippen molar-refractivity contribution in [1.82, 2.24) is 9.88 Å². The van der Waals surface area contributed by atoms with Crippen molar-refractivity contribution in [3.63, 3.8) is 0 Å². The lowest BCUT2D eigenvalue weighted by atomic mass is 9.86. The van der Waals surface area contributed by atoms with Gasteiger partial charge in [-0.25, -0.2) is 0 Å². The van der Waals surface area contributed by atoms with E-state index >= 15 is 0 Å². The van der Waals surface area contributed by atoms with E-state index in [0.717, 1.165) is 12.1 Å². The third kappa shape index (κ3) is 4.67. The summed E-state index contributed by atoms with van der Waals surface area (Å²) in [5.41, 5.74) is 4.97. The summed E-state index contributed by atoms with van der Waals surface area (Å²) in [5, 5.41) is 0. The Kier molecular flexibility index (Phi) is 6.17. The smallest absolute Gasteiger partial charge is 0.0706 e. The number of hydrogen-bond donors (Lipinski definition) is 0. The van der Waals surface area contributed by atoms with Gasteiger partial charge in [-0.15, -0.1) is 0 Å². The number of unbranched alkanes of at least 4 members (excludes halogenated alkanes) is 1. The second kappa shape index (κ2) is 7.94. The number of aromatic nitrogens is 1. The van der Waals surface area contributed by atoms with Crippen molar-refractivity contribution in [1.29, 1.82) is 0 Å². The number of hydrogen-bond acceptors (Lipinski definition) is 2. The molecule has 1 heterocycles. The zero-order valence-electron chi connectivity index (χ0n) is 16.1. The minimum atomic E-state index is 0.185. The standard InChI is InChI=1S/C22H32N2/c1-7-8-12-21(24(5)6)20-11-9-10-19(23-20)17-13-15-18(16-14-17)22(2,3)4/h9-11,13-16,21H,7-8,12H2,1-6H3. The van der Waals surface area contributed by atoms with Crippen molar-refractivity contribution in [3.05, 3.63) is 53.7 Å². The van der Waals surface area contributed by atoms with Crippen LogP contribution in [0.3, 0.4) is 0 Å². The van der Waals surface area contributed by atoms with Crippen LogP contribution in [-0.4, -0.2) is 24.0 Å². The molecule has 0 spiro atoms. The van der Waals surface area contributed by atoms with Crippen LogP contribution in [0, 0.1) is 0 Å². The average molecular weight is 325 g/mol. The number of benzene rings is 1. The van der Waals surface area contributed by atoms with Crippen molar-refractivity contribution in [2.45, 2.75) is 58.4 Å². The van der Waals surface area contributed by atoms with Crippen LogP contribution in [0.5, 0.6) is 0 Å². The van der Waals surface area contributed by atoms with Gasteiger partial charge in [-0.3, -0.25) is 4.98 Å². The van der Waals surface area contributed by atoms with Gasteiger partial charge in [0.05, 0.1) is 17.4 Å². The fourth-order valence-electron chi connectivity index (χ4n) is 3.01. The summed E-state index contributed by atoms with van der Waals surface area (Å²) in [6.45, 7) is 8.98. The first-order valence-corrected chi connectivity index (χ1v) is 9.07. The highest BCUT2D eigenvalue weighted by molar-refractivity contribution is 5.60. The van der Waals surface area contributed by atoms with Gasteiger partial charge in [0.1, 0.15) is 0 Å². The van der Waals surface area contributed by atoms with E-state index in [9.17, 15) is 0 Å². The van der Waals surface area contributed by atoms with E-state index in [0.29, 0.717) is 6.04 Å². The largest absolute Gasteiger partial charge is 0.301 e. The third-order valence-electron chi connectivity index (χ3n) is 4.61. The molecule has 24 heavy (non-hydrogen) atoms. The van der Waals surface area contributed by atoms with Crippen molar-refractivity contribution in [2.75, 3.05) is 14.1 Å². The van der Waals surface area contributed by atoms with Crippen LogP contribution >= 0.6 is 0 Å². The Morgan fingerprint density at radius 3 is 2.21 bits per heavy atom. The molecule has 0 saturated heterocycles. The van der Waals surface area contributed by atoms with Gasteiger partial charge in [-0.2, -0.15) is 0 Å². The van der Waals surface area contributed by atoms with Gasteiger partial charge in [-0.05, 0) is 43.6 Å². The second-order valence-electron chi connectivity index (χ2n) is 7.90. The topological polar surface area (TPSA) is 16.1 Å². The van der Waals surface area contributed by atoms with Crippen LogP contribution in [0.25, 0.3) is 11.3 Å². The molecule has 130 valence electrons. The van der Waals surface area contributed by atoms with E-state index in [2.05, 4.69) is 89.2 Å². The molecule has 2 rings (SSSR count). The zero-order chi connectivity index (χ0) is 17.7. The molecule has 2 aromatic rings. The summed E-state index contributed by atoms with van der Waals surface area (Å²) < 4.78 is 0. The summed E-state index contributed by atoms with van der Waals surface area (Å²) >= 11 is 0. The van der Waals surface area contributed by atoms with Crippen LogP contribution in [-0.2, 0) is 5.41 Å². The molecule has 0 bridgehead atoms. The number of nitrogens with zero attached hydrogens (tertiary/aromatic N) is 2. The molecule has 1 aromatic carbocycles. The van der Waals surface area contributed by atoms with Gasteiger partial charge >= 0.3 is 0 Å². The van der Waals surface area contributed by atoms with Gasteiger partial charge < -0.3 is 4.90 Å². The van der Waals surface area contributed by atoms with Gasteiger partial charge in [0, 0.05) is 5.56 Å². The maximum atomic E-state index is 4.97. The highest BCUT2D eigenvalue weighted by Gasteiger charge is 2.16.